The summed E-state index contributed by atoms with van der Waals surface area (Å²) >= 11 is 0. The van der Waals surface area contributed by atoms with E-state index in [0.29, 0.717) is 0 Å². The van der Waals surface area contributed by atoms with Gasteiger partial charge in [-0.25, -0.2) is 0 Å². The van der Waals surface area contributed by atoms with Gasteiger partial charge >= 0.3 is 6.18 Å². The highest BCUT2D eigenvalue weighted by Gasteiger charge is 2.35. The Morgan fingerprint density at radius 1 is 1.11 bits per heavy atom. The Hall–Kier alpha value is -2.80. The number of aryl methyl sites for hydroxylation is 1. The Kier molecular flexibility index (Phi) is 5.47. The van der Waals surface area contributed by atoms with E-state index in [2.05, 4.69) is 5.32 Å². The first kappa shape index (κ1) is 19.9. The molecule has 0 bridgehead atoms. The average molecular weight is 389 g/mol. The van der Waals surface area contributed by atoms with E-state index in [1.165, 1.54) is 18.2 Å². The fraction of sp³-hybridized carbons (Fsp3) is 0.286. The minimum absolute atomic E-state index is 0.187. The molecule has 1 aromatic heterocycles. The van der Waals surface area contributed by atoms with E-state index in [0.717, 1.165) is 22.5 Å². The van der Waals surface area contributed by atoms with Crippen molar-refractivity contribution >= 4 is 16.8 Å². The summed E-state index contributed by atoms with van der Waals surface area (Å²) in [6, 6.07) is 12.5. The number of benzene rings is 2. The number of carbonyl (C=O) groups excluding carboxylic acids is 1. The van der Waals surface area contributed by atoms with Crippen LogP contribution in [0.25, 0.3) is 10.9 Å². The first-order valence-electron chi connectivity index (χ1n) is 8.85. The molecule has 1 N–H and O–H groups in total. The van der Waals surface area contributed by atoms with E-state index >= 15 is 0 Å². The van der Waals surface area contributed by atoms with Crippen LogP contribution in [0.2, 0.25) is 0 Å². The Morgan fingerprint density at radius 3 is 2.43 bits per heavy atom. The van der Waals surface area contributed by atoms with Gasteiger partial charge in [-0.3, -0.25) is 4.79 Å². The standard InChI is InChI=1S/C21H22F3N3O/c1-26(2)19(16-13-27(3)18-11-7-5-8-14(16)18)12-25-20(28)15-9-4-6-10-17(15)21(22,23)24/h4-11,13,19H,12H2,1-3H3,(H,25,28)/t19-/m1/s1. The molecule has 3 aromatic rings. The number of fused-ring (bicyclic) bond motifs is 1. The van der Waals surface area contributed by atoms with Crippen LogP contribution in [0.4, 0.5) is 13.2 Å². The zero-order valence-corrected chi connectivity index (χ0v) is 15.9. The lowest BCUT2D eigenvalue weighted by Gasteiger charge is -2.25. The number of nitrogens with zero attached hydrogens (tertiary/aromatic N) is 2. The minimum Gasteiger partial charge on any atom is -0.350 e. The molecule has 1 atom stereocenters. The monoisotopic (exact) mass is 389 g/mol. The third-order valence-corrected chi connectivity index (χ3v) is 4.84. The number of carbonyl (C=O) groups is 1. The van der Waals surface area contributed by atoms with E-state index in [1.807, 2.05) is 61.1 Å². The van der Waals surface area contributed by atoms with Crippen LogP contribution in [0.1, 0.15) is 27.5 Å². The molecule has 0 saturated carbocycles. The molecule has 1 heterocycles. The van der Waals surface area contributed by atoms with Gasteiger partial charge in [0, 0.05) is 30.7 Å². The molecule has 4 nitrogen and oxygen atoms in total. The lowest BCUT2D eigenvalue weighted by atomic mass is 10.0. The topological polar surface area (TPSA) is 37.3 Å². The van der Waals surface area contributed by atoms with Crippen LogP contribution >= 0.6 is 0 Å². The number of nitrogens with one attached hydrogen (secondary N) is 1. The van der Waals surface area contributed by atoms with Crippen molar-refractivity contribution in [2.24, 2.45) is 7.05 Å². The molecule has 28 heavy (non-hydrogen) atoms. The molecule has 0 radical (unpaired) electrons. The van der Waals surface area contributed by atoms with Crippen molar-refractivity contribution in [2.45, 2.75) is 12.2 Å². The number of likely N-dealkylation sites (N-methyl/N-ethyl adjacent to an activating group) is 1. The third-order valence-electron chi connectivity index (χ3n) is 4.84. The van der Waals surface area contributed by atoms with Crippen LogP contribution in [-0.2, 0) is 13.2 Å². The number of hydrogen-bond donors (Lipinski definition) is 1. The smallest absolute Gasteiger partial charge is 0.350 e. The van der Waals surface area contributed by atoms with E-state index in [4.69, 9.17) is 0 Å². The molecule has 0 aliphatic rings. The molecule has 1 amide bonds. The third kappa shape index (κ3) is 3.89. The molecular weight excluding hydrogens is 367 g/mol. The largest absolute Gasteiger partial charge is 0.417 e. The maximum atomic E-state index is 13.2. The summed E-state index contributed by atoms with van der Waals surface area (Å²) in [5.74, 6) is -0.736. The quantitative estimate of drug-likeness (QED) is 0.709. The molecule has 0 fully saturated rings. The van der Waals surface area contributed by atoms with Crippen molar-refractivity contribution in [3.63, 3.8) is 0 Å². The average Bonchev–Trinajstić information content (AvgIpc) is 2.98. The fourth-order valence-corrected chi connectivity index (χ4v) is 3.42. The summed E-state index contributed by atoms with van der Waals surface area (Å²) in [5, 5.41) is 3.73. The van der Waals surface area contributed by atoms with Gasteiger partial charge in [0.1, 0.15) is 0 Å². The van der Waals surface area contributed by atoms with E-state index in [-0.39, 0.29) is 18.2 Å². The number of rotatable bonds is 5. The van der Waals surface area contributed by atoms with Crippen LogP contribution in [0.15, 0.2) is 54.7 Å². The Morgan fingerprint density at radius 2 is 1.75 bits per heavy atom. The summed E-state index contributed by atoms with van der Waals surface area (Å²) in [6.07, 6.45) is -2.59. The minimum atomic E-state index is -4.58. The predicted molar refractivity (Wildman–Crippen MR) is 103 cm³/mol. The highest BCUT2D eigenvalue weighted by atomic mass is 19.4. The van der Waals surface area contributed by atoms with Crippen molar-refractivity contribution in [1.29, 1.82) is 0 Å². The molecule has 7 heteroatoms. The van der Waals surface area contributed by atoms with Gasteiger partial charge in [0.05, 0.1) is 17.2 Å². The van der Waals surface area contributed by atoms with Crippen LogP contribution < -0.4 is 5.32 Å². The number of halogens is 3. The maximum absolute atomic E-state index is 13.2. The molecular formula is C21H22F3N3O. The van der Waals surface area contributed by atoms with Gasteiger partial charge < -0.3 is 14.8 Å². The Labute approximate surface area is 161 Å². The zero-order chi connectivity index (χ0) is 20.5. The van der Waals surface area contributed by atoms with E-state index in [1.54, 1.807) is 0 Å². The number of aromatic nitrogens is 1. The van der Waals surface area contributed by atoms with Crippen molar-refractivity contribution in [3.05, 3.63) is 71.4 Å². The number of alkyl halides is 3. The predicted octanol–water partition coefficient (Wildman–Crippen LogP) is 4.23. The molecule has 0 aliphatic heterocycles. The van der Waals surface area contributed by atoms with Crippen molar-refractivity contribution in [2.75, 3.05) is 20.6 Å². The lowest BCUT2D eigenvalue weighted by Crippen LogP contribution is -2.35. The number of para-hydroxylation sites is 1. The highest BCUT2D eigenvalue weighted by molar-refractivity contribution is 5.96. The summed E-state index contributed by atoms with van der Waals surface area (Å²) in [6.45, 7) is 0.187. The normalized spacial score (nSPS) is 13.1. The second kappa shape index (κ2) is 7.67. The van der Waals surface area contributed by atoms with Crippen molar-refractivity contribution in [1.82, 2.24) is 14.8 Å². The van der Waals surface area contributed by atoms with Gasteiger partial charge in [-0.05, 0) is 37.9 Å². The van der Waals surface area contributed by atoms with E-state index in [9.17, 15) is 18.0 Å². The molecule has 0 saturated heterocycles. The summed E-state index contributed by atoms with van der Waals surface area (Å²) in [7, 11) is 5.70. The molecule has 0 unspecified atom stereocenters. The maximum Gasteiger partial charge on any atom is 0.417 e. The van der Waals surface area contributed by atoms with Crippen LogP contribution in [-0.4, -0.2) is 36.0 Å². The number of amides is 1. The first-order chi connectivity index (χ1) is 13.2. The summed E-state index contributed by atoms with van der Waals surface area (Å²) in [5.41, 5.74) is 0.759. The van der Waals surface area contributed by atoms with Crippen LogP contribution in [0, 0.1) is 0 Å². The van der Waals surface area contributed by atoms with Crippen molar-refractivity contribution in [3.8, 4) is 0 Å². The van der Waals surface area contributed by atoms with Gasteiger partial charge in [-0.2, -0.15) is 13.2 Å². The second-order valence-corrected chi connectivity index (χ2v) is 6.95. The Balaban J connectivity index is 1.86. The van der Waals surface area contributed by atoms with E-state index < -0.39 is 17.6 Å². The van der Waals surface area contributed by atoms with Crippen molar-refractivity contribution < 1.29 is 18.0 Å². The molecule has 0 spiro atoms. The molecule has 2 aromatic carbocycles. The van der Waals surface area contributed by atoms with Gasteiger partial charge in [0.25, 0.3) is 5.91 Å². The van der Waals surface area contributed by atoms with Gasteiger partial charge in [0.15, 0.2) is 0 Å². The highest BCUT2D eigenvalue weighted by Crippen LogP contribution is 2.32. The SMILES string of the molecule is CN(C)[C@H](CNC(=O)c1ccccc1C(F)(F)F)c1cn(C)c2ccccc12. The zero-order valence-electron chi connectivity index (χ0n) is 15.9. The van der Waals surface area contributed by atoms with Crippen LogP contribution in [0.5, 0.6) is 0 Å². The Bertz CT molecular complexity index is 992. The van der Waals surface area contributed by atoms with Gasteiger partial charge in [-0.1, -0.05) is 30.3 Å². The number of hydrogen-bond acceptors (Lipinski definition) is 2. The molecule has 148 valence electrons. The lowest BCUT2D eigenvalue weighted by molar-refractivity contribution is -0.137. The van der Waals surface area contributed by atoms with Gasteiger partial charge in [0.2, 0.25) is 0 Å². The fourth-order valence-electron chi connectivity index (χ4n) is 3.42. The second-order valence-electron chi connectivity index (χ2n) is 6.95. The van der Waals surface area contributed by atoms with Gasteiger partial charge in [-0.15, -0.1) is 0 Å². The van der Waals surface area contributed by atoms with Crippen LogP contribution in [0.3, 0.4) is 0 Å². The first-order valence-corrected chi connectivity index (χ1v) is 8.85. The molecule has 0 aliphatic carbocycles. The summed E-state index contributed by atoms with van der Waals surface area (Å²) in [4.78, 5) is 14.4. The molecule has 3 rings (SSSR count). The summed E-state index contributed by atoms with van der Waals surface area (Å²) < 4.78 is 41.6.